The van der Waals surface area contributed by atoms with Gasteiger partial charge in [-0.05, 0) is 37.3 Å². The Kier molecular flexibility index (Phi) is 5.79. The molecule has 0 fully saturated rings. The van der Waals surface area contributed by atoms with Crippen LogP contribution < -0.4 is 5.32 Å². The number of hydrogen-bond acceptors (Lipinski definition) is 8. The summed E-state index contributed by atoms with van der Waals surface area (Å²) in [6.07, 6.45) is 2.35. The Morgan fingerprint density at radius 1 is 1.03 bits per heavy atom. The minimum Gasteiger partial charge on any atom is -0.378 e. The number of rotatable bonds is 7. The second kappa shape index (κ2) is 8.52. The molecular weight excluding hydrogens is 414 g/mol. The van der Waals surface area contributed by atoms with E-state index in [1.807, 2.05) is 25.1 Å². The molecule has 0 atom stereocenters. The van der Waals surface area contributed by atoms with Gasteiger partial charge in [-0.2, -0.15) is 10.2 Å². The normalized spacial score (nSPS) is 13.1. The Morgan fingerprint density at radius 3 is 2.48 bits per heavy atom. The smallest absolute Gasteiger partial charge is 0.177 e. The van der Waals surface area contributed by atoms with Gasteiger partial charge in [0.05, 0.1) is 40.0 Å². The molecule has 1 aliphatic rings. The summed E-state index contributed by atoms with van der Waals surface area (Å²) in [5, 5.41) is 11.7. The van der Waals surface area contributed by atoms with E-state index >= 15 is 0 Å². The van der Waals surface area contributed by atoms with Crippen LogP contribution in [0.4, 0.5) is 17.1 Å². The number of nitrogens with one attached hydrogen (secondary N) is 1. The molecule has 4 rings (SSSR count). The Labute approximate surface area is 181 Å². The fraction of sp³-hybridized carbons (Fsp3) is 0.273. The van der Waals surface area contributed by atoms with Crippen LogP contribution in [0.5, 0.6) is 0 Å². The summed E-state index contributed by atoms with van der Waals surface area (Å²) in [7, 11) is -1.77. The second-order valence-electron chi connectivity index (χ2n) is 7.50. The molecule has 1 aliphatic heterocycles. The molecule has 1 N–H and O–H groups in total. The summed E-state index contributed by atoms with van der Waals surface area (Å²) in [5.41, 5.74) is 6.14. The molecule has 1 aromatic carbocycles. The Bertz CT molecular complexity index is 1250. The molecule has 0 saturated carbocycles. The van der Waals surface area contributed by atoms with Crippen molar-refractivity contribution < 1.29 is 13.2 Å². The highest BCUT2D eigenvalue weighted by atomic mass is 32.2. The highest BCUT2D eigenvalue weighted by Gasteiger charge is 2.21. The van der Waals surface area contributed by atoms with Crippen LogP contribution in [0.3, 0.4) is 0 Å². The van der Waals surface area contributed by atoms with E-state index in [9.17, 15) is 8.42 Å². The van der Waals surface area contributed by atoms with Crippen LogP contribution in [0.2, 0.25) is 0 Å². The van der Waals surface area contributed by atoms with Crippen LogP contribution in [-0.4, -0.2) is 42.7 Å². The molecule has 9 heteroatoms. The van der Waals surface area contributed by atoms with Gasteiger partial charge in [0.25, 0.3) is 0 Å². The maximum Gasteiger partial charge on any atom is 0.177 e. The lowest BCUT2D eigenvalue weighted by molar-refractivity contribution is 0.180. The van der Waals surface area contributed by atoms with Gasteiger partial charge < -0.3 is 10.1 Å². The van der Waals surface area contributed by atoms with Gasteiger partial charge in [-0.1, -0.05) is 12.1 Å². The number of aliphatic imine (C=N–C) groups is 1. The number of anilines is 2. The molecule has 0 spiro atoms. The van der Waals surface area contributed by atoms with E-state index in [2.05, 4.69) is 20.5 Å². The number of ether oxygens (including phenoxy) is 1. The molecule has 31 heavy (non-hydrogen) atoms. The van der Waals surface area contributed by atoms with Crippen molar-refractivity contribution in [2.45, 2.75) is 31.3 Å². The van der Waals surface area contributed by atoms with Crippen molar-refractivity contribution in [1.29, 1.82) is 0 Å². The third-order valence-corrected chi connectivity index (χ3v) is 5.98. The van der Waals surface area contributed by atoms with Crippen LogP contribution in [0.25, 0.3) is 0 Å². The molecular formula is C22H23N5O3S. The molecule has 0 aliphatic carbocycles. The lowest BCUT2D eigenvalue weighted by Gasteiger charge is -2.14. The number of para-hydroxylation sites is 1. The van der Waals surface area contributed by atoms with Crippen LogP contribution in [-0.2, 0) is 34.0 Å². The van der Waals surface area contributed by atoms with Gasteiger partial charge in [-0.15, -0.1) is 0 Å². The van der Waals surface area contributed by atoms with Crippen molar-refractivity contribution in [2.75, 3.05) is 18.7 Å². The standard InChI is InChI=1S/C22H23N5O3S/c1-14-10-19-22(23-14)20(25-18-6-4-5-7-21(18)31(3,28)29)12-17(24-19)11-15-8-9-16(13-30-2)27-26-15/h4-9,12H,10-11,13H2,1-3H3,(H,24,25). The third-order valence-electron chi connectivity index (χ3n) is 4.83. The first-order chi connectivity index (χ1) is 14.8. The second-order valence-corrected chi connectivity index (χ2v) is 9.48. The van der Waals surface area contributed by atoms with E-state index < -0.39 is 9.84 Å². The molecule has 3 heterocycles. The van der Waals surface area contributed by atoms with Crippen molar-refractivity contribution >= 4 is 32.6 Å². The first-order valence-corrected chi connectivity index (χ1v) is 11.7. The van der Waals surface area contributed by atoms with Crippen LogP contribution >= 0.6 is 0 Å². The van der Waals surface area contributed by atoms with Gasteiger partial charge >= 0.3 is 0 Å². The molecule has 8 nitrogen and oxygen atoms in total. The van der Waals surface area contributed by atoms with Gasteiger partial charge in [0.1, 0.15) is 5.69 Å². The predicted molar refractivity (Wildman–Crippen MR) is 119 cm³/mol. The van der Waals surface area contributed by atoms with Gasteiger partial charge in [0, 0.05) is 37.6 Å². The number of benzene rings is 1. The molecule has 3 aromatic rings. The fourth-order valence-corrected chi connectivity index (χ4v) is 4.33. The van der Waals surface area contributed by atoms with Gasteiger partial charge in [0.2, 0.25) is 0 Å². The molecule has 0 unspecified atom stereocenters. The maximum absolute atomic E-state index is 12.2. The minimum atomic E-state index is -3.39. The van der Waals surface area contributed by atoms with E-state index in [1.54, 1.807) is 31.4 Å². The lowest BCUT2D eigenvalue weighted by atomic mass is 10.1. The quantitative estimate of drug-likeness (QED) is 0.604. The highest BCUT2D eigenvalue weighted by Crippen LogP contribution is 2.37. The van der Waals surface area contributed by atoms with Crippen molar-refractivity contribution in [2.24, 2.45) is 4.99 Å². The SMILES string of the molecule is COCc1ccc(Cc2cc(Nc3ccccc3S(C)(=O)=O)c3c(n2)CC(C)=N3)nn1. The minimum absolute atomic E-state index is 0.236. The number of methoxy groups -OCH3 is 1. The number of sulfone groups is 1. The Balaban J connectivity index is 1.69. The zero-order valence-corrected chi connectivity index (χ0v) is 18.4. The number of aromatic nitrogens is 3. The summed E-state index contributed by atoms with van der Waals surface area (Å²) in [6.45, 7) is 2.37. The average Bonchev–Trinajstić information content (AvgIpc) is 3.10. The molecule has 0 saturated heterocycles. The van der Waals surface area contributed by atoms with E-state index in [0.29, 0.717) is 25.1 Å². The fourth-order valence-electron chi connectivity index (χ4n) is 3.49. The van der Waals surface area contributed by atoms with Crippen molar-refractivity contribution in [3.05, 3.63) is 65.2 Å². The van der Waals surface area contributed by atoms with Gasteiger partial charge in [0.15, 0.2) is 9.84 Å². The summed E-state index contributed by atoms with van der Waals surface area (Å²) in [6, 6.07) is 12.5. The number of hydrogen-bond donors (Lipinski definition) is 1. The van der Waals surface area contributed by atoms with Gasteiger partial charge in [-0.3, -0.25) is 9.98 Å². The zero-order chi connectivity index (χ0) is 22.0. The molecule has 0 radical (unpaired) electrons. The highest BCUT2D eigenvalue weighted by molar-refractivity contribution is 7.90. The Hall–Kier alpha value is -3.17. The zero-order valence-electron chi connectivity index (χ0n) is 17.6. The molecule has 0 amide bonds. The summed E-state index contributed by atoms with van der Waals surface area (Å²) >= 11 is 0. The Morgan fingerprint density at radius 2 is 1.77 bits per heavy atom. The lowest BCUT2D eigenvalue weighted by Crippen LogP contribution is -2.05. The van der Waals surface area contributed by atoms with Crippen molar-refractivity contribution in [3.63, 3.8) is 0 Å². The topological polar surface area (TPSA) is 106 Å². The van der Waals surface area contributed by atoms with E-state index in [-0.39, 0.29) is 4.90 Å². The summed E-state index contributed by atoms with van der Waals surface area (Å²) < 4.78 is 29.5. The van der Waals surface area contributed by atoms with Crippen LogP contribution in [0.15, 0.2) is 52.4 Å². The van der Waals surface area contributed by atoms with Crippen molar-refractivity contribution in [1.82, 2.24) is 15.2 Å². The number of fused-ring (bicyclic) bond motifs is 1. The largest absolute Gasteiger partial charge is 0.378 e. The number of pyridine rings is 1. The first-order valence-electron chi connectivity index (χ1n) is 9.77. The monoisotopic (exact) mass is 437 g/mol. The average molecular weight is 438 g/mol. The molecule has 160 valence electrons. The predicted octanol–water partition coefficient (Wildman–Crippen LogP) is 3.40. The summed E-state index contributed by atoms with van der Waals surface area (Å²) in [4.78, 5) is 9.62. The van der Waals surface area contributed by atoms with E-state index in [1.165, 1.54) is 6.26 Å². The van der Waals surface area contributed by atoms with E-state index in [0.717, 1.165) is 39.9 Å². The molecule has 0 bridgehead atoms. The maximum atomic E-state index is 12.2. The number of nitrogens with zero attached hydrogens (tertiary/aromatic N) is 4. The molecule has 2 aromatic heterocycles. The van der Waals surface area contributed by atoms with Crippen LogP contribution in [0, 0.1) is 0 Å². The van der Waals surface area contributed by atoms with E-state index in [4.69, 9.17) is 9.72 Å². The van der Waals surface area contributed by atoms with Crippen molar-refractivity contribution in [3.8, 4) is 0 Å². The first kappa shape index (κ1) is 21.1. The van der Waals surface area contributed by atoms with Gasteiger partial charge in [-0.25, -0.2) is 8.42 Å². The van der Waals surface area contributed by atoms with Crippen LogP contribution in [0.1, 0.15) is 29.7 Å². The third kappa shape index (κ3) is 4.78. The summed E-state index contributed by atoms with van der Waals surface area (Å²) in [5.74, 6) is 0.